The van der Waals surface area contributed by atoms with Gasteiger partial charge in [0.2, 0.25) is 0 Å². The zero-order valence-electron chi connectivity index (χ0n) is 14.5. The average molecular weight is 384 g/mol. The van der Waals surface area contributed by atoms with Crippen LogP contribution in [0.4, 0.5) is 15.8 Å². The standard InChI is InChI=1S/C20H17FN2O3S/c1-13-6-8-16(9-7-13)27-19-5-3-2-4-14(19)12-22-18-11-15(23(25)26)10-17(21)20(18)24/h2-11,22,24H,12H2,1H3. The number of nitrogens with zero attached hydrogens (tertiary/aromatic N) is 1. The first-order valence-corrected chi connectivity index (χ1v) is 8.99. The molecule has 0 atom stereocenters. The second-order valence-electron chi connectivity index (χ2n) is 5.96. The van der Waals surface area contributed by atoms with E-state index in [0.717, 1.165) is 21.4 Å². The summed E-state index contributed by atoms with van der Waals surface area (Å²) in [5.74, 6) is -1.67. The van der Waals surface area contributed by atoms with Crippen LogP contribution in [0.15, 0.2) is 70.5 Å². The Morgan fingerprint density at radius 2 is 1.85 bits per heavy atom. The fraction of sp³-hybridized carbons (Fsp3) is 0.100. The van der Waals surface area contributed by atoms with Crippen LogP contribution in [0, 0.1) is 22.9 Å². The predicted octanol–water partition coefficient (Wildman–Crippen LogP) is 5.51. The lowest BCUT2D eigenvalue weighted by Crippen LogP contribution is -2.02. The predicted molar refractivity (Wildman–Crippen MR) is 104 cm³/mol. The number of hydrogen-bond acceptors (Lipinski definition) is 5. The number of halogens is 1. The summed E-state index contributed by atoms with van der Waals surface area (Å²) >= 11 is 1.59. The Balaban J connectivity index is 1.81. The van der Waals surface area contributed by atoms with Crippen LogP contribution in [0.25, 0.3) is 0 Å². The van der Waals surface area contributed by atoms with Crippen molar-refractivity contribution in [3.05, 3.63) is 87.7 Å². The quantitative estimate of drug-likeness (QED) is 0.333. The lowest BCUT2D eigenvalue weighted by Gasteiger charge is -2.12. The smallest absolute Gasteiger partial charge is 0.274 e. The molecule has 0 unspecified atom stereocenters. The van der Waals surface area contributed by atoms with Gasteiger partial charge in [0.15, 0.2) is 11.6 Å². The van der Waals surface area contributed by atoms with Crippen LogP contribution in [-0.4, -0.2) is 10.0 Å². The largest absolute Gasteiger partial charge is 0.503 e. The third-order valence-corrected chi connectivity index (χ3v) is 5.08. The molecule has 0 aliphatic heterocycles. The minimum atomic E-state index is -1.03. The SMILES string of the molecule is Cc1ccc(Sc2ccccc2CNc2cc([N+](=O)[O-])cc(F)c2O)cc1. The monoisotopic (exact) mass is 384 g/mol. The maximum absolute atomic E-state index is 13.7. The molecule has 3 rings (SSSR count). The number of hydrogen-bond donors (Lipinski definition) is 2. The van der Waals surface area contributed by atoms with Gasteiger partial charge in [0.1, 0.15) is 0 Å². The number of nitro benzene ring substituents is 1. The van der Waals surface area contributed by atoms with Crippen molar-refractivity contribution in [2.45, 2.75) is 23.3 Å². The van der Waals surface area contributed by atoms with Gasteiger partial charge < -0.3 is 10.4 Å². The number of aromatic hydroxyl groups is 1. The van der Waals surface area contributed by atoms with E-state index in [1.165, 1.54) is 5.56 Å². The zero-order valence-corrected chi connectivity index (χ0v) is 15.3. The van der Waals surface area contributed by atoms with Crippen molar-refractivity contribution in [1.82, 2.24) is 0 Å². The second kappa shape index (κ2) is 8.09. The van der Waals surface area contributed by atoms with E-state index < -0.39 is 22.2 Å². The zero-order chi connectivity index (χ0) is 19.4. The molecule has 0 spiro atoms. The van der Waals surface area contributed by atoms with Gasteiger partial charge in [-0.3, -0.25) is 10.1 Å². The van der Waals surface area contributed by atoms with E-state index >= 15 is 0 Å². The van der Waals surface area contributed by atoms with Crippen molar-refractivity contribution >= 4 is 23.1 Å². The molecule has 3 aromatic rings. The van der Waals surface area contributed by atoms with Crippen molar-refractivity contribution in [1.29, 1.82) is 0 Å². The minimum absolute atomic E-state index is 0.0168. The van der Waals surface area contributed by atoms with Crippen LogP contribution >= 0.6 is 11.8 Å². The van der Waals surface area contributed by atoms with E-state index in [9.17, 15) is 19.6 Å². The molecule has 2 N–H and O–H groups in total. The number of benzene rings is 3. The van der Waals surface area contributed by atoms with Crippen molar-refractivity contribution in [2.24, 2.45) is 0 Å². The number of phenolic OH excluding ortho intramolecular Hbond substituents is 1. The molecule has 0 saturated heterocycles. The second-order valence-corrected chi connectivity index (χ2v) is 7.07. The van der Waals surface area contributed by atoms with Crippen LogP contribution in [0.2, 0.25) is 0 Å². The summed E-state index contributed by atoms with van der Waals surface area (Å²) in [6, 6.07) is 17.6. The fourth-order valence-corrected chi connectivity index (χ4v) is 3.44. The normalized spacial score (nSPS) is 10.6. The number of aryl methyl sites for hydroxylation is 1. The van der Waals surface area contributed by atoms with Gasteiger partial charge in [0.05, 0.1) is 16.7 Å². The van der Waals surface area contributed by atoms with Crippen LogP contribution in [0.5, 0.6) is 5.75 Å². The first-order valence-electron chi connectivity index (χ1n) is 8.17. The number of nitrogens with one attached hydrogen (secondary N) is 1. The first-order chi connectivity index (χ1) is 12.9. The van der Waals surface area contributed by atoms with E-state index in [0.29, 0.717) is 6.07 Å². The fourth-order valence-electron chi connectivity index (χ4n) is 2.50. The summed E-state index contributed by atoms with van der Waals surface area (Å²) in [5, 5.41) is 23.6. The lowest BCUT2D eigenvalue weighted by molar-refractivity contribution is -0.385. The molecule has 3 aromatic carbocycles. The molecule has 0 heterocycles. The maximum Gasteiger partial charge on any atom is 0.274 e. The number of non-ortho nitro benzene ring substituents is 1. The molecule has 0 bridgehead atoms. The van der Waals surface area contributed by atoms with Crippen molar-refractivity contribution < 1.29 is 14.4 Å². The first kappa shape index (κ1) is 18.7. The van der Waals surface area contributed by atoms with Gasteiger partial charge >= 0.3 is 0 Å². The van der Waals surface area contributed by atoms with Gasteiger partial charge in [-0.25, -0.2) is 4.39 Å². The molecule has 0 radical (unpaired) electrons. The van der Waals surface area contributed by atoms with Gasteiger partial charge in [0.25, 0.3) is 5.69 Å². The van der Waals surface area contributed by atoms with Gasteiger partial charge in [-0.2, -0.15) is 0 Å². The molecular weight excluding hydrogens is 367 g/mol. The Kier molecular flexibility index (Phi) is 5.61. The summed E-state index contributed by atoms with van der Waals surface area (Å²) in [5.41, 5.74) is 1.67. The van der Waals surface area contributed by atoms with Crippen LogP contribution in [0.3, 0.4) is 0 Å². The van der Waals surface area contributed by atoms with Crippen LogP contribution in [-0.2, 0) is 6.54 Å². The molecule has 0 fully saturated rings. The average Bonchev–Trinajstić information content (AvgIpc) is 2.65. The molecule has 0 aromatic heterocycles. The van der Waals surface area contributed by atoms with Gasteiger partial charge in [-0.1, -0.05) is 47.7 Å². The Hall–Kier alpha value is -3.06. The number of phenols is 1. The van der Waals surface area contributed by atoms with E-state index in [1.807, 2.05) is 55.5 Å². The molecule has 0 amide bonds. The minimum Gasteiger partial charge on any atom is -0.503 e. The van der Waals surface area contributed by atoms with Crippen molar-refractivity contribution in [3.63, 3.8) is 0 Å². The highest BCUT2D eigenvalue weighted by molar-refractivity contribution is 7.99. The topological polar surface area (TPSA) is 75.4 Å². The third kappa shape index (κ3) is 4.57. The highest BCUT2D eigenvalue weighted by Gasteiger charge is 2.16. The summed E-state index contributed by atoms with van der Waals surface area (Å²) in [6.07, 6.45) is 0. The van der Waals surface area contributed by atoms with Gasteiger partial charge in [-0.15, -0.1) is 0 Å². The maximum atomic E-state index is 13.7. The molecule has 138 valence electrons. The number of nitro groups is 1. The summed E-state index contributed by atoms with van der Waals surface area (Å²) in [6.45, 7) is 2.31. The van der Waals surface area contributed by atoms with Gasteiger partial charge in [0, 0.05) is 22.4 Å². The molecule has 0 aliphatic rings. The molecule has 27 heavy (non-hydrogen) atoms. The summed E-state index contributed by atoms with van der Waals surface area (Å²) in [4.78, 5) is 12.3. The Bertz CT molecular complexity index is 977. The highest BCUT2D eigenvalue weighted by Crippen LogP contribution is 2.34. The Labute approximate surface area is 160 Å². The third-order valence-electron chi connectivity index (χ3n) is 3.95. The van der Waals surface area contributed by atoms with Crippen LogP contribution in [0.1, 0.15) is 11.1 Å². The highest BCUT2D eigenvalue weighted by atomic mass is 32.2. The van der Waals surface area contributed by atoms with E-state index in [4.69, 9.17) is 0 Å². The van der Waals surface area contributed by atoms with Crippen molar-refractivity contribution in [3.8, 4) is 5.75 Å². The molecule has 7 heteroatoms. The van der Waals surface area contributed by atoms with E-state index in [1.54, 1.807) is 11.8 Å². The number of anilines is 1. The van der Waals surface area contributed by atoms with Crippen LogP contribution < -0.4 is 5.32 Å². The molecule has 5 nitrogen and oxygen atoms in total. The molecular formula is C20H17FN2O3S. The lowest BCUT2D eigenvalue weighted by atomic mass is 10.2. The number of rotatable bonds is 6. The van der Waals surface area contributed by atoms with E-state index in [-0.39, 0.29) is 12.2 Å². The van der Waals surface area contributed by atoms with E-state index in [2.05, 4.69) is 5.32 Å². The Morgan fingerprint density at radius 1 is 1.15 bits per heavy atom. The summed E-state index contributed by atoms with van der Waals surface area (Å²) < 4.78 is 13.7. The molecule has 0 saturated carbocycles. The van der Waals surface area contributed by atoms with Gasteiger partial charge in [-0.05, 0) is 30.7 Å². The van der Waals surface area contributed by atoms with Crippen molar-refractivity contribution in [2.75, 3.05) is 5.32 Å². The molecule has 0 aliphatic carbocycles. The Morgan fingerprint density at radius 3 is 2.56 bits per heavy atom. The summed E-state index contributed by atoms with van der Waals surface area (Å²) in [7, 11) is 0.